The number of carbonyl (C=O) groups is 2. The van der Waals surface area contributed by atoms with Gasteiger partial charge in [-0.2, -0.15) is 13.2 Å². The van der Waals surface area contributed by atoms with Crippen molar-refractivity contribution < 1.29 is 22.8 Å². The van der Waals surface area contributed by atoms with Crippen LogP contribution in [0.15, 0.2) is 24.3 Å². The van der Waals surface area contributed by atoms with E-state index in [2.05, 4.69) is 5.32 Å². The molecule has 0 aromatic heterocycles. The first kappa shape index (κ1) is 16.3. The summed E-state index contributed by atoms with van der Waals surface area (Å²) in [6, 6.07) is 4.52. The number of nitrogens with zero attached hydrogens (tertiary/aromatic N) is 2. The second-order valence-corrected chi connectivity index (χ2v) is 5.04. The highest BCUT2D eigenvalue weighted by Gasteiger charge is 2.30. The normalized spacial score (nSPS) is 16.4. The van der Waals surface area contributed by atoms with E-state index in [0.29, 0.717) is 26.2 Å². The predicted molar refractivity (Wildman–Crippen MR) is 74.2 cm³/mol. The van der Waals surface area contributed by atoms with Gasteiger partial charge in [-0.3, -0.25) is 14.5 Å². The Morgan fingerprint density at radius 3 is 2.50 bits per heavy atom. The van der Waals surface area contributed by atoms with Crippen LogP contribution >= 0.6 is 0 Å². The number of hydrogen-bond acceptors (Lipinski definition) is 3. The second-order valence-electron chi connectivity index (χ2n) is 5.04. The molecule has 120 valence electrons. The molecule has 8 heteroatoms. The second kappa shape index (κ2) is 6.78. The van der Waals surface area contributed by atoms with Gasteiger partial charge >= 0.3 is 6.18 Å². The molecule has 1 fully saturated rings. The van der Waals surface area contributed by atoms with E-state index in [0.717, 1.165) is 18.5 Å². The van der Waals surface area contributed by atoms with Gasteiger partial charge in [-0.1, -0.05) is 6.07 Å². The monoisotopic (exact) mass is 315 g/mol. The topological polar surface area (TPSA) is 52.7 Å². The average molecular weight is 315 g/mol. The zero-order valence-corrected chi connectivity index (χ0v) is 11.8. The van der Waals surface area contributed by atoms with Crippen LogP contribution < -0.4 is 5.32 Å². The highest BCUT2D eigenvalue weighted by atomic mass is 19.4. The summed E-state index contributed by atoms with van der Waals surface area (Å²) < 4.78 is 37.8. The van der Waals surface area contributed by atoms with Crippen LogP contribution in [0.4, 0.5) is 18.9 Å². The van der Waals surface area contributed by atoms with Crippen LogP contribution in [0.5, 0.6) is 0 Å². The number of benzene rings is 1. The molecule has 1 aliphatic rings. The summed E-state index contributed by atoms with van der Waals surface area (Å²) in [6.07, 6.45) is -3.67. The summed E-state index contributed by atoms with van der Waals surface area (Å²) in [5, 5.41) is 2.46. The third-order valence-electron chi connectivity index (χ3n) is 3.40. The van der Waals surface area contributed by atoms with Crippen LogP contribution in [0.2, 0.25) is 0 Å². The summed E-state index contributed by atoms with van der Waals surface area (Å²) >= 11 is 0. The lowest BCUT2D eigenvalue weighted by Gasteiger charge is -2.31. The molecule has 5 nitrogen and oxygen atoms in total. The number of carbonyl (C=O) groups excluding carboxylic acids is 2. The number of nitrogens with one attached hydrogen (secondary N) is 1. The average Bonchev–Trinajstić information content (AvgIpc) is 2.47. The summed E-state index contributed by atoms with van der Waals surface area (Å²) in [6.45, 7) is 2.30. The van der Waals surface area contributed by atoms with Gasteiger partial charge in [-0.15, -0.1) is 0 Å². The maximum Gasteiger partial charge on any atom is 0.416 e. The fourth-order valence-electron chi connectivity index (χ4n) is 2.20. The molecular weight excluding hydrogens is 299 g/mol. The molecule has 1 N–H and O–H groups in total. The molecule has 1 aromatic carbocycles. The van der Waals surface area contributed by atoms with Crippen molar-refractivity contribution in [1.29, 1.82) is 0 Å². The van der Waals surface area contributed by atoms with Crippen molar-refractivity contribution in [2.75, 3.05) is 38.0 Å². The number of amides is 2. The molecule has 1 aromatic rings. The Balaban J connectivity index is 1.89. The van der Waals surface area contributed by atoms with Crippen LogP contribution in [0.1, 0.15) is 5.56 Å². The van der Waals surface area contributed by atoms with E-state index in [-0.39, 0.29) is 18.1 Å². The number of anilines is 1. The molecule has 0 saturated carbocycles. The van der Waals surface area contributed by atoms with Crippen LogP contribution in [0, 0.1) is 0 Å². The van der Waals surface area contributed by atoms with Gasteiger partial charge in [0.15, 0.2) is 0 Å². The van der Waals surface area contributed by atoms with E-state index < -0.39 is 11.7 Å². The smallest absolute Gasteiger partial charge is 0.343 e. The Morgan fingerprint density at radius 1 is 1.23 bits per heavy atom. The van der Waals surface area contributed by atoms with Gasteiger partial charge in [-0.25, -0.2) is 0 Å². The summed E-state index contributed by atoms with van der Waals surface area (Å²) in [7, 11) is 0. The predicted octanol–water partition coefficient (Wildman–Crippen LogP) is 1.42. The van der Waals surface area contributed by atoms with E-state index in [1.54, 1.807) is 4.90 Å². The molecule has 1 saturated heterocycles. The molecule has 22 heavy (non-hydrogen) atoms. The van der Waals surface area contributed by atoms with Crippen molar-refractivity contribution in [2.24, 2.45) is 0 Å². The highest BCUT2D eigenvalue weighted by Crippen LogP contribution is 2.30. The molecular formula is C14H16F3N3O2. The van der Waals surface area contributed by atoms with E-state index in [9.17, 15) is 22.8 Å². The standard InChI is InChI=1S/C14H16F3N3O2/c15-14(16,17)11-2-1-3-12(8-11)18-13(22)9-19-4-6-20(10-21)7-5-19/h1-3,8,10H,4-7,9H2,(H,18,22). The molecule has 0 aliphatic carbocycles. The van der Waals surface area contributed by atoms with E-state index in [4.69, 9.17) is 0 Å². The first-order chi connectivity index (χ1) is 10.4. The zero-order valence-electron chi connectivity index (χ0n) is 11.8. The Hall–Kier alpha value is -2.09. The van der Waals surface area contributed by atoms with Gasteiger partial charge in [0.25, 0.3) is 0 Å². The zero-order chi connectivity index (χ0) is 16.2. The Morgan fingerprint density at radius 2 is 1.91 bits per heavy atom. The Bertz CT molecular complexity index is 540. The molecule has 0 spiro atoms. The lowest BCUT2D eigenvalue weighted by atomic mass is 10.2. The van der Waals surface area contributed by atoms with E-state index in [1.165, 1.54) is 12.1 Å². The number of halogens is 3. The van der Waals surface area contributed by atoms with Crippen molar-refractivity contribution in [3.05, 3.63) is 29.8 Å². The number of piperazine rings is 1. The Kier molecular flexibility index (Phi) is 5.02. The molecule has 1 heterocycles. The van der Waals surface area contributed by atoms with E-state index >= 15 is 0 Å². The van der Waals surface area contributed by atoms with Gasteiger partial charge in [0.2, 0.25) is 12.3 Å². The van der Waals surface area contributed by atoms with Gasteiger partial charge < -0.3 is 10.2 Å². The molecule has 0 unspecified atom stereocenters. The van der Waals surface area contributed by atoms with Crippen LogP contribution in [0.3, 0.4) is 0 Å². The molecule has 2 amide bonds. The van der Waals surface area contributed by atoms with Gasteiger partial charge in [0, 0.05) is 31.9 Å². The van der Waals surface area contributed by atoms with Crippen molar-refractivity contribution in [3.8, 4) is 0 Å². The van der Waals surface area contributed by atoms with Crippen molar-refractivity contribution >= 4 is 18.0 Å². The fourth-order valence-corrected chi connectivity index (χ4v) is 2.20. The largest absolute Gasteiger partial charge is 0.416 e. The minimum absolute atomic E-state index is 0.0863. The third-order valence-corrected chi connectivity index (χ3v) is 3.40. The first-order valence-corrected chi connectivity index (χ1v) is 6.77. The third kappa shape index (κ3) is 4.45. The summed E-state index contributed by atoms with van der Waals surface area (Å²) in [5.41, 5.74) is -0.684. The quantitative estimate of drug-likeness (QED) is 0.855. The molecule has 1 aliphatic heterocycles. The fraction of sp³-hybridized carbons (Fsp3) is 0.429. The molecule has 0 radical (unpaired) electrons. The highest BCUT2D eigenvalue weighted by molar-refractivity contribution is 5.92. The molecule has 0 atom stereocenters. The number of alkyl halides is 3. The van der Waals surface area contributed by atoms with E-state index in [1.807, 2.05) is 4.90 Å². The molecule has 2 rings (SSSR count). The molecule has 0 bridgehead atoms. The van der Waals surface area contributed by atoms with Gasteiger partial charge in [0.1, 0.15) is 0 Å². The van der Waals surface area contributed by atoms with Crippen LogP contribution in [0.25, 0.3) is 0 Å². The lowest BCUT2D eigenvalue weighted by Crippen LogP contribution is -2.48. The van der Waals surface area contributed by atoms with Gasteiger partial charge in [-0.05, 0) is 18.2 Å². The van der Waals surface area contributed by atoms with Crippen LogP contribution in [-0.2, 0) is 15.8 Å². The maximum absolute atomic E-state index is 12.6. The van der Waals surface area contributed by atoms with Crippen molar-refractivity contribution in [3.63, 3.8) is 0 Å². The number of hydrogen-bond donors (Lipinski definition) is 1. The SMILES string of the molecule is O=CN1CCN(CC(=O)Nc2cccc(C(F)(F)F)c2)CC1. The lowest BCUT2D eigenvalue weighted by molar-refractivity contribution is -0.137. The van der Waals surface area contributed by atoms with Crippen LogP contribution in [-0.4, -0.2) is 54.8 Å². The first-order valence-electron chi connectivity index (χ1n) is 6.77. The minimum Gasteiger partial charge on any atom is -0.343 e. The van der Waals surface area contributed by atoms with Gasteiger partial charge in [0.05, 0.1) is 12.1 Å². The number of rotatable bonds is 4. The summed E-state index contributed by atoms with van der Waals surface area (Å²) in [4.78, 5) is 25.9. The minimum atomic E-state index is -4.44. The summed E-state index contributed by atoms with van der Waals surface area (Å²) in [5.74, 6) is -0.376. The van der Waals surface area contributed by atoms with Crippen molar-refractivity contribution in [1.82, 2.24) is 9.80 Å². The Labute approximate surface area is 125 Å². The maximum atomic E-state index is 12.6. The van der Waals surface area contributed by atoms with Crippen molar-refractivity contribution in [2.45, 2.75) is 6.18 Å².